The Labute approximate surface area is 196 Å². The highest BCUT2D eigenvalue weighted by molar-refractivity contribution is 7.12. The van der Waals surface area contributed by atoms with Crippen LogP contribution in [-0.2, 0) is 4.79 Å². The second-order valence-corrected chi connectivity index (χ2v) is 9.38. The molecule has 2 aromatic heterocycles. The van der Waals surface area contributed by atoms with Gasteiger partial charge in [0, 0.05) is 32.6 Å². The van der Waals surface area contributed by atoms with Gasteiger partial charge in [0.15, 0.2) is 0 Å². The molecule has 0 radical (unpaired) electrons. The maximum absolute atomic E-state index is 13.3. The molecule has 1 fully saturated rings. The molecule has 0 aliphatic carbocycles. The zero-order chi connectivity index (χ0) is 22.8. The number of carbonyl (C=O) groups excluding carboxylic acids is 2. The van der Waals surface area contributed by atoms with Gasteiger partial charge in [-0.25, -0.2) is 5.01 Å². The summed E-state index contributed by atoms with van der Waals surface area (Å²) in [6.45, 7) is 4.87. The molecular formula is C25H26N4O3S. The smallest absolute Gasteiger partial charge is 0.264 e. The van der Waals surface area contributed by atoms with Crippen molar-refractivity contribution >= 4 is 28.9 Å². The molecule has 2 aliphatic rings. The number of hydrogen-bond acceptors (Lipinski definition) is 6. The van der Waals surface area contributed by atoms with Crippen LogP contribution in [0.5, 0.6) is 0 Å². The zero-order valence-corrected chi connectivity index (χ0v) is 19.3. The van der Waals surface area contributed by atoms with Gasteiger partial charge in [0.1, 0.15) is 11.8 Å². The molecule has 5 rings (SSSR count). The molecule has 1 atom stereocenters. The summed E-state index contributed by atoms with van der Waals surface area (Å²) < 4.78 is 5.64. The fourth-order valence-corrected chi connectivity index (χ4v) is 4.98. The van der Waals surface area contributed by atoms with E-state index in [4.69, 9.17) is 9.52 Å². The summed E-state index contributed by atoms with van der Waals surface area (Å²) in [5.74, 6) is 0.748. The quantitative estimate of drug-likeness (QED) is 0.579. The number of aryl methyl sites for hydroxylation is 1. The van der Waals surface area contributed by atoms with Crippen LogP contribution in [0.4, 0.5) is 0 Å². The van der Waals surface area contributed by atoms with Gasteiger partial charge in [-0.1, -0.05) is 35.9 Å². The highest BCUT2D eigenvalue weighted by atomic mass is 32.1. The third kappa shape index (κ3) is 4.62. The molecular weight excluding hydrogens is 436 g/mol. The number of thiophene rings is 1. The largest absolute Gasteiger partial charge is 0.467 e. The van der Waals surface area contributed by atoms with Crippen LogP contribution in [0, 0.1) is 6.92 Å². The molecule has 0 spiro atoms. The van der Waals surface area contributed by atoms with Gasteiger partial charge in [-0.3, -0.25) is 14.5 Å². The number of rotatable bonds is 5. The van der Waals surface area contributed by atoms with E-state index in [2.05, 4.69) is 24.0 Å². The van der Waals surface area contributed by atoms with Crippen molar-refractivity contribution in [1.82, 2.24) is 14.8 Å². The fraction of sp³-hybridized carbons (Fsp3) is 0.320. The Morgan fingerprint density at radius 3 is 2.52 bits per heavy atom. The monoisotopic (exact) mass is 462 g/mol. The lowest BCUT2D eigenvalue weighted by Crippen LogP contribution is -2.51. The first-order chi connectivity index (χ1) is 16.1. The highest BCUT2D eigenvalue weighted by Gasteiger charge is 2.36. The van der Waals surface area contributed by atoms with Crippen LogP contribution in [0.3, 0.4) is 0 Å². The first-order valence-corrected chi connectivity index (χ1v) is 12.0. The Morgan fingerprint density at radius 2 is 1.85 bits per heavy atom. The SMILES string of the molecule is Cc1ccc(C2=NN(C(=O)CN3CCN(C(=O)c4cccs4)CC3)C(c3ccco3)C2)cc1. The van der Waals surface area contributed by atoms with Gasteiger partial charge < -0.3 is 9.32 Å². The number of amides is 2. The van der Waals surface area contributed by atoms with Crippen molar-refractivity contribution < 1.29 is 14.0 Å². The van der Waals surface area contributed by atoms with Crippen molar-refractivity contribution in [3.05, 3.63) is 81.9 Å². The number of benzene rings is 1. The molecule has 170 valence electrons. The van der Waals surface area contributed by atoms with E-state index in [1.54, 1.807) is 11.3 Å². The Balaban J connectivity index is 1.26. The van der Waals surface area contributed by atoms with E-state index in [1.165, 1.54) is 16.9 Å². The molecule has 33 heavy (non-hydrogen) atoms. The second-order valence-electron chi connectivity index (χ2n) is 8.43. The lowest BCUT2D eigenvalue weighted by atomic mass is 10.0. The number of hydrogen-bond donors (Lipinski definition) is 0. The topological polar surface area (TPSA) is 69.4 Å². The molecule has 8 heteroatoms. The average Bonchev–Trinajstić information content (AvgIpc) is 3.61. The predicted octanol–water partition coefficient (Wildman–Crippen LogP) is 3.79. The van der Waals surface area contributed by atoms with Gasteiger partial charge in [0.05, 0.1) is 23.4 Å². The molecule has 1 aromatic carbocycles. The zero-order valence-electron chi connectivity index (χ0n) is 18.5. The minimum atomic E-state index is -0.245. The first-order valence-electron chi connectivity index (χ1n) is 11.1. The Kier molecular flexibility index (Phi) is 6.11. The summed E-state index contributed by atoms with van der Waals surface area (Å²) in [5, 5.41) is 8.21. The van der Waals surface area contributed by atoms with Crippen molar-refractivity contribution in [2.45, 2.75) is 19.4 Å². The van der Waals surface area contributed by atoms with Crippen molar-refractivity contribution in [3.8, 4) is 0 Å². The third-order valence-electron chi connectivity index (χ3n) is 6.17. The summed E-state index contributed by atoms with van der Waals surface area (Å²) in [4.78, 5) is 30.6. The first kappa shape index (κ1) is 21.6. The van der Waals surface area contributed by atoms with Gasteiger partial charge >= 0.3 is 0 Å². The highest BCUT2D eigenvalue weighted by Crippen LogP contribution is 2.33. The van der Waals surface area contributed by atoms with Crippen molar-refractivity contribution in [1.29, 1.82) is 0 Å². The third-order valence-corrected chi connectivity index (χ3v) is 7.03. The standard InChI is InChI=1S/C25H26N4O3S/c1-18-6-8-19(9-7-18)20-16-21(22-4-2-14-32-22)29(26-20)24(30)17-27-10-12-28(13-11-27)25(31)23-5-3-15-33-23/h2-9,14-15,21H,10-13,16-17H2,1H3. The van der Waals surface area contributed by atoms with Gasteiger partial charge in [-0.15, -0.1) is 11.3 Å². The Morgan fingerprint density at radius 1 is 1.06 bits per heavy atom. The van der Waals surface area contributed by atoms with E-state index in [0.717, 1.165) is 21.9 Å². The lowest BCUT2D eigenvalue weighted by molar-refractivity contribution is -0.134. The van der Waals surface area contributed by atoms with Crippen LogP contribution in [0.2, 0.25) is 0 Å². The molecule has 0 bridgehead atoms. The van der Waals surface area contributed by atoms with E-state index >= 15 is 0 Å². The molecule has 1 unspecified atom stereocenters. The van der Waals surface area contributed by atoms with Crippen molar-refractivity contribution in [3.63, 3.8) is 0 Å². The lowest BCUT2D eigenvalue weighted by Gasteiger charge is -2.34. The maximum Gasteiger partial charge on any atom is 0.264 e. The predicted molar refractivity (Wildman–Crippen MR) is 127 cm³/mol. The van der Waals surface area contributed by atoms with Crippen LogP contribution in [0.15, 0.2) is 69.7 Å². The Hall–Kier alpha value is -3.23. The molecule has 4 heterocycles. The molecule has 3 aromatic rings. The van der Waals surface area contributed by atoms with Gasteiger partial charge in [-0.05, 0) is 36.1 Å². The fourth-order valence-electron chi connectivity index (χ4n) is 4.29. The van der Waals surface area contributed by atoms with Crippen LogP contribution in [-0.4, -0.2) is 65.1 Å². The van der Waals surface area contributed by atoms with Crippen LogP contribution < -0.4 is 0 Å². The summed E-state index contributed by atoms with van der Waals surface area (Å²) in [5.41, 5.74) is 3.09. The summed E-state index contributed by atoms with van der Waals surface area (Å²) in [6.07, 6.45) is 2.25. The summed E-state index contributed by atoms with van der Waals surface area (Å²) in [7, 11) is 0. The molecule has 2 aliphatic heterocycles. The number of furan rings is 1. The van der Waals surface area contributed by atoms with Crippen molar-refractivity contribution in [2.24, 2.45) is 5.10 Å². The normalized spacial score (nSPS) is 19.1. The number of nitrogens with zero attached hydrogens (tertiary/aromatic N) is 4. The summed E-state index contributed by atoms with van der Waals surface area (Å²) in [6, 6.07) is 15.4. The van der Waals surface area contributed by atoms with Crippen molar-refractivity contribution in [2.75, 3.05) is 32.7 Å². The molecule has 0 N–H and O–H groups in total. The molecule has 1 saturated heterocycles. The molecule has 2 amide bonds. The molecule has 7 nitrogen and oxygen atoms in total. The van der Waals surface area contributed by atoms with E-state index in [1.807, 2.05) is 46.7 Å². The number of piperazine rings is 1. The maximum atomic E-state index is 13.3. The van der Waals surface area contributed by atoms with E-state index < -0.39 is 0 Å². The van der Waals surface area contributed by atoms with Crippen LogP contribution in [0.1, 0.15) is 39.0 Å². The van der Waals surface area contributed by atoms with Crippen LogP contribution >= 0.6 is 11.3 Å². The molecule has 0 saturated carbocycles. The number of carbonyl (C=O) groups is 2. The van der Waals surface area contributed by atoms with Gasteiger partial charge in [0.2, 0.25) is 0 Å². The Bertz CT molecular complexity index is 1130. The van der Waals surface area contributed by atoms with E-state index in [9.17, 15) is 9.59 Å². The second kappa shape index (κ2) is 9.33. The summed E-state index contributed by atoms with van der Waals surface area (Å²) >= 11 is 1.46. The van der Waals surface area contributed by atoms with Gasteiger partial charge in [0.25, 0.3) is 11.8 Å². The van der Waals surface area contributed by atoms with E-state index in [-0.39, 0.29) is 24.4 Å². The number of hydrazone groups is 1. The average molecular weight is 463 g/mol. The minimum Gasteiger partial charge on any atom is -0.467 e. The van der Waals surface area contributed by atoms with E-state index in [0.29, 0.717) is 32.6 Å². The van der Waals surface area contributed by atoms with Gasteiger partial charge in [-0.2, -0.15) is 5.10 Å². The van der Waals surface area contributed by atoms with Crippen LogP contribution in [0.25, 0.3) is 0 Å². The minimum absolute atomic E-state index is 0.0588.